The number of aliphatic hydroxyl groups excluding tert-OH is 1. The molecule has 3 N–H and O–H groups in total. The Hall–Kier alpha value is -4.94. The normalized spacial score (nSPS) is 18.5. The van der Waals surface area contributed by atoms with Crippen molar-refractivity contribution in [2.45, 2.75) is 90.7 Å². The molecule has 1 saturated heterocycles. The van der Waals surface area contributed by atoms with E-state index in [4.69, 9.17) is 37.9 Å². The minimum absolute atomic E-state index is 0.0264. The van der Waals surface area contributed by atoms with Gasteiger partial charge in [0, 0.05) is 65.0 Å². The van der Waals surface area contributed by atoms with Crippen LogP contribution in [0.1, 0.15) is 64.4 Å². The molecule has 1 aliphatic heterocycles. The second-order valence-electron chi connectivity index (χ2n) is 11.0. The highest BCUT2D eigenvalue weighted by molar-refractivity contribution is 5.94. The largest absolute Gasteiger partial charge is 0.490 e. The lowest BCUT2D eigenvalue weighted by molar-refractivity contribution is -0.237. The SMILES string of the molecule is CCOc1cc2cc(C(=O)O)[nH]c2cc1OC(COC1CC(OC(C)=O)CC(C(=O)OC)O1)C(OC(C)=O)C(CCO)OC(C)=O.COC(C)=O. The van der Waals surface area contributed by atoms with Crippen molar-refractivity contribution in [3.8, 4) is 11.5 Å². The maximum atomic E-state index is 12.3. The third kappa shape index (κ3) is 13.7. The van der Waals surface area contributed by atoms with Gasteiger partial charge in [0.25, 0.3) is 0 Å². The molecule has 3 rings (SSSR count). The van der Waals surface area contributed by atoms with Crippen LogP contribution in [0, 0.1) is 0 Å². The van der Waals surface area contributed by atoms with Gasteiger partial charge in [0.15, 0.2) is 36.1 Å². The van der Waals surface area contributed by atoms with Gasteiger partial charge in [-0.2, -0.15) is 0 Å². The number of benzene rings is 1. The molecule has 18 nitrogen and oxygen atoms in total. The first-order valence-corrected chi connectivity index (χ1v) is 15.8. The molecular formula is C33H45NO17. The topological polar surface area (TPSA) is 242 Å². The Bertz CT molecular complexity index is 1500. The fraction of sp³-hybridized carbons (Fsp3) is 0.576. The van der Waals surface area contributed by atoms with E-state index in [0.29, 0.717) is 10.9 Å². The predicted octanol–water partition coefficient (Wildman–Crippen LogP) is 2.06. The lowest BCUT2D eigenvalue weighted by Crippen LogP contribution is -2.50. The Morgan fingerprint density at radius 3 is 2.08 bits per heavy atom. The summed E-state index contributed by atoms with van der Waals surface area (Å²) in [5, 5.41) is 19.7. The summed E-state index contributed by atoms with van der Waals surface area (Å²) in [6, 6.07) is 4.46. The summed E-state index contributed by atoms with van der Waals surface area (Å²) < 4.78 is 49.0. The summed E-state index contributed by atoms with van der Waals surface area (Å²) in [6.07, 6.45) is -6.94. The van der Waals surface area contributed by atoms with Gasteiger partial charge in [0.05, 0.1) is 33.0 Å². The second kappa shape index (κ2) is 20.7. The predicted molar refractivity (Wildman–Crippen MR) is 173 cm³/mol. The summed E-state index contributed by atoms with van der Waals surface area (Å²) in [7, 11) is 2.53. The average molecular weight is 728 g/mol. The van der Waals surface area contributed by atoms with Crippen LogP contribution in [0.15, 0.2) is 18.2 Å². The zero-order chi connectivity index (χ0) is 38.2. The minimum Gasteiger partial charge on any atom is -0.490 e. The summed E-state index contributed by atoms with van der Waals surface area (Å²) in [6.45, 7) is 5.93. The van der Waals surface area contributed by atoms with Crippen LogP contribution < -0.4 is 9.47 Å². The molecule has 1 fully saturated rings. The monoisotopic (exact) mass is 727 g/mol. The highest BCUT2D eigenvalue weighted by Crippen LogP contribution is 2.35. The van der Waals surface area contributed by atoms with Crippen LogP contribution in [0.4, 0.5) is 0 Å². The highest BCUT2D eigenvalue weighted by Gasteiger charge is 2.40. The molecule has 1 aliphatic rings. The second-order valence-corrected chi connectivity index (χ2v) is 11.0. The van der Waals surface area contributed by atoms with Gasteiger partial charge < -0.3 is 57.8 Å². The van der Waals surface area contributed by atoms with Gasteiger partial charge in [-0.15, -0.1) is 0 Å². The van der Waals surface area contributed by atoms with E-state index in [2.05, 4.69) is 9.72 Å². The molecule has 0 amide bonds. The molecule has 0 aliphatic carbocycles. The maximum Gasteiger partial charge on any atom is 0.352 e. The molecule has 6 unspecified atom stereocenters. The number of methoxy groups -OCH3 is 2. The number of hydrogen-bond donors (Lipinski definition) is 3. The molecule has 2 heterocycles. The Labute approximate surface area is 293 Å². The van der Waals surface area contributed by atoms with Crippen LogP contribution in [0.3, 0.4) is 0 Å². The maximum absolute atomic E-state index is 12.3. The fourth-order valence-electron chi connectivity index (χ4n) is 4.96. The summed E-state index contributed by atoms with van der Waals surface area (Å²) >= 11 is 0. The van der Waals surface area contributed by atoms with Gasteiger partial charge in [-0.3, -0.25) is 19.2 Å². The van der Waals surface area contributed by atoms with Crippen molar-refractivity contribution in [2.75, 3.05) is 34.0 Å². The molecule has 0 radical (unpaired) electrons. The Kier molecular flexibility index (Phi) is 17.1. The van der Waals surface area contributed by atoms with Crippen LogP contribution in [-0.2, 0) is 57.1 Å². The van der Waals surface area contributed by atoms with E-state index >= 15 is 0 Å². The first-order valence-electron chi connectivity index (χ1n) is 15.8. The number of carboxylic acids is 1. The Morgan fingerprint density at radius 2 is 1.55 bits per heavy atom. The molecule has 1 aromatic heterocycles. The van der Waals surface area contributed by atoms with Crippen LogP contribution >= 0.6 is 0 Å². The number of fused-ring (bicyclic) bond motifs is 1. The van der Waals surface area contributed by atoms with E-state index < -0.39 is 79.9 Å². The number of carboxylic acid groups (broad SMARTS) is 1. The Balaban J connectivity index is 0.00000168. The highest BCUT2D eigenvalue weighted by atomic mass is 16.7. The van der Waals surface area contributed by atoms with E-state index in [1.807, 2.05) is 0 Å². The standard InChI is InChI=1S/C30H39NO15.C3H6O2/c1-6-40-23-10-18-9-21(29(36)37)31-20(18)13-24(23)45-26(28(44-17(4)35)22(7-8-32)43-16(3)34)14-41-27-12-19(42-15(2)33)11-25(46-27)30(38)39-5;1-3(4)5-2/h9-10,13,19,22,25-28,31-32H,6-8,11-12,14H2,1-5H3,(H,36,37);1-2H3. The van der Waals surface area contributed by atoms with E-state index in [1.54, 1.807) is 13.0 Å². The minimum atomic E-state index is -1.36. The molecule has 18 heteroatoms. The molecular weight excluding hydrogens is 682 g/mol. The third-order valence-corrected chi connectivity index (χ3v) is 7.04. The van der Waals surface area contributed by atoms with Crippen molar-refractivity contribution in [1.29, 1.82) is 0 Å². The number of aromatic amines is 1. The first-order chi connectivity index (χ1) is 24.1. The number of esters is 5. The number of ether oxygens (including phenoxy) is 9. The molecule has 2 aromatic rings. The first kappa shape index (κ1) is 42.2. The average Bonchev–Trinajstić information content (AvgIpc) is 3.48. The number of nitrogens with one attached hydrogen (secondary N) is 1. The summed E-state index contributed by atoms with van der Waals surface area (Å²) in [5.74, 6) is -3.92. The fourth-order valence-corrected chi connectivity index (χ4v) is 4.96. The molecule has 0 spiro atoms. The molecule has 0 bridgehead atoms. The molecule has 0 saturated carbocycles. The number of H-pyrrole nitrogens is 1. The Morgan fingerprint density at radius 1 is 0.882 bits per heavy atom. The summed E-state index contributed by atoms with van der Waals surface area (Å²) in [5.41, 5.74) is 0.300. The van der Waals surface area contributed by atoms with E-state index in [-0.39, 0.29) is 49.0 Å². The smallest absolute Gasteiger partial charge is 0.352 e. The lowest BCUT2D eigenvalue weighted by atomic mass is 10.0. The number of rotatable bonds is 16. The van der Waals surface area contributed by atoms with Gasteiger partial charge in [-0.05, 0) is 19.1 Å². The van der Waals surface area contributed by atoms with Crippen LogP contribution in [-0.4, -0.2) is 122 Å². The van der Waals surface area contributed by atoms with Crippen LogP contribution in [0.25, 0.3) is 10.9 Å². The number of aromatic nitrogens is 1. The zero-order valence-corrected chi connectivity index (χ0v) is 29.5. The van der Waals surface area contributed by atoms with E-state index in [1.165, 1.54) is 40.2 Å². The quantitative estimate of drug-likeness (QED) is 0.166. The van der Waals surface area contributed by atoms with Gasteiger partial charge in [0.1, 0.15) is 17.9 Å². The molecule has 284 valence electrons. The van der Waals surface area contributed by atoms with Crippen molar-refractivity contribution in [2.24, 2.45) is 0 Å². The van der Waals surface area contributed by atoms with Crippen molar-refractivity contribution in [1.82, 2.24) is 4.98 Å². The lowest BCUT2D eigenvalue weighted by Gasteiger charge is -2.36. The number of hydrogen-bond acceptors (Lipinski definition) is 16. The number of aromatic carboxylic acids is 1. The van der Waals surface area contributed by atoms with Gasteiger partial charge in [-0.25, -0.2) is 9.59 Å². The van der Waals surface area contributed by atoms with Gasteiger partial charge >= 0.3 is 35.8 Å². The molecule has 1 aromatic carbocycles. The number of aliphatic hydroxyl groups is 1. The molecule has 6 atom stereocenters. The van der Waals surface area contributed by atoms with Crippen LogP contribution in [0.5, 0.6) is 11.5 Å². The van der Waals surface area contributed by atoms with E-state index in [0.717, 1.165) is 13.8 Å². The van der Waals surface area contributed by atoms with Gasteiger partial charge in [0.2, 0.25) is 0 Å². The van der Waals surface area contributed by atoms with Crippen molar-refractivity contribution < 1.29 is 81.6 Å². The number of carbonyl (C=O) groups is 6. The molecule has 51 heavy (non-hydrogen) atoms. The van der Waals surface area contributed by atoms with E-state index in [9.17, 15) is 39.0 Å². The third-order valence-electron chi connectivity index (χ3n) is 7.04. The zero-order valence-electron chi connectivity index (χ0n) is 29.5. The van der Waals surface area contributed by atoms with Crippen molar-refractivity contribution in [3.05, 3.63) is 23.9 Å². The van der Waals surface area contributed by atoms with Crippen molar-refractivity contribution >= 4 is 46.7 Å². The van der Waals surface area contributed by atoms with Crippen molar-refractivity contribution in [3.63, 3.8) is 0 Å². The van der Waals surface area contributed by atoms with Crippen LogP contribution in [0.2, 0.25) is 0 Å². The summed E-state index contributed by atoms with van der Waals surface area (Å²) in [4.78, 5) is 72.2. The number of carbonyl (C=O) groups excluding carboxylic acids is 5. The van der Waals surface area contributed by atoms with Gasteiger partial charge in [-0.1, -0.05) is 0 Å².